The van der Waals surface area contributed by atoms with E-state index in [4.69, 9.17) is 0 Å². The fourth-order valence-electron chi connectivity index (χ4n) is 3.60. The number of aryl methyl sites for hydroxylation is 1. The number of carbonyl (C=O) groups excluding carboxylic acids is 1. The SMILES string of the molecule is CNc1nc(C)nc(NC2CCCC(C(=O)NCc3ccccc3OC(F)(F)F)C2)n1. The van der Waals surface area contributed by atoms with Crippen molar-refractivity contribution in [2.24, 2.45) is 5.92 Å². The maximum Gasteiger partial charge on any atom is 0.573 e. The van der Waals surface area contributed by atoms with Gasteiger partial charge in [0.25, 0.3) is 0 Å². The van der Waals surface area contributed by atoms with Gasteiger partial charge in [0.1, 0.15) is 11.6 Å². The number of hydrogen-bond donors (Lipinski definition) is 3. The zero-order valence-corrected chi connectivity index (χ0v) is 17.3. The molecule has 1 fully saturated rings. The second kappa shape index (κ2) is 9.80. The number of anilines is 2. The number of ether oxygens (including phenoxy) is 1. The second-order valence-corrected chi connectivity index (χ2v) is 7.36. The Labute approximate surface area is 178 Å². The molecule has 1 saturated carbocycles. The largest absolute Gasteiger partial charge is 0.573 e. The van der Waals surface area contributed by atoms with E-state index < -0.39 is 6.36 Å². The summed E-state index contributed by atoms with van der Waals surface area (Å²) in [4.78, 5) is 25.4. The number of para-hydroxylation sites is 1. The maximum absolute atomic E-state index is 12.7. The van der Waals surface area contributed by atoms with Crippen LogP contribution in [0.25, 0.3) is 0 Å². The molecular formula is C20H25F3N6O2. The number of nitrogens with one attached hydrogen (secondary N) is 3. The van der Waals surface area contributed by atoms with Gasteiger partial charge in [-0.05, 0) is 32.3 Å². The number of alkyl halides is 3. The molecule has 1 aliphatic rings. The van der Waals surface area contributed by atoms with Gasteiger partial charge in [0.05, 0.1) is 0 Å². The number of nitrogens with zero attached hydrogens (tertiary/aromatic N) is 3. The first kappa shape index (κ1) is 22.6. The summed E-state index contributed by atoms with van der Waals surface area (Å²) in [6, 6.07) is 5.78. The highest BCUT2D eigenvalue weighted by Crippen LogP contribution is 2.28. The van der Waals surface area contributed by atoms with Crippen molar-refractivity contribution in [3.63, 3.8) is 0 Å². The van der Waals surface area contributed by atoms with Gasteiger partial charge in [0, 0.05) is 31.1 Å². The Kier molecular flexibility index (Phi) is 7.13. The Morgan fingerprint density at radius 1 is 1.16 bits per heavy atom. The van der Waals surface area contributed by atoms with Crippen molar-refractivity contribution >= 4 is 17.8 Å². The van der Waals surface area contributed by atoms with Gasteiger partial charge >= 0.3 is 6.36 Å². The van der Waals surface area contributed by atoms with E-state index in [2.05, 4.69) is 35.6 Å². The summed E-state index contributed by atoms with van der Waals surface area (Å²) in [7, 11) is 1.72. The van der Waals surface area contributed by atoms with Gasteiger partial charge in [-0.3, -0.25) is 4.79 Å². The van der Waals surface area contributed by atoms with Crippen LogP contribution in [-0.2, 0) is 11.3 Å². The lowest BCUT2D eigenvalue weighted by atomic mass is 9.85. The minimum Gasteiger partial charge on any atom is -0.405 e. The zero-order chi connectivity index (χ0) is 22.4. The molecule has 8 nitrogen and oxygen atoms in total. The standard InChI is InChI=1S/C20H25F3N6O2/c1-12-26-18(24-2)29-19(27-12)28-15-8-5-7-13(10-15)17(30)25-11-14-6-3-4-9-16(14)31-20(21,22)23/h3-4,6,9,13,15H,5,7-8,10-11H2,1-2H3,(H,25,30)(H2,24,26,27,28,29). The summed E-state index contributed by atoms with van der Waals surface area (Å²) in [5.41, 5.74) is 0.263. The van der Waals surface area contributed by atoms with Crippen LogP contribution in [0.1, 0.15) is 37.1 Å². The van der Waals surface area contributed by atoms with E-state index in [0.29, 0.717) is 30.6 Å². The minimum absolute atomic E-state index is 0.0110. The van der Waals surface area contributed by atoms with Gasteiger partial charge in [-0.25, -0.2) is 0 Å². The second-order valence-electron chi connectivity index (χ2n) is 7.36. The molecule has 2 unspecified atom stereocenters. The van der Waals surface area contributed by atoms with Crippen LogP contribution in [0.4, 0.5) is 25.1 Å². The summed E-state index contributed by atoms with van der Waals surface area (Å²) < 4.78 is 41.8. The fraction of sp³-hybridized carbons (Fsp3) is 0.500. The normalized spacial score (nSPS) is 18.9. The molecule has 2 atom stereocenters. The van der Waals surface area contributed by atoms with Crippen molar-refractivity contribution in [2.75, 3.05) is 17.7 Å². The van der Waals surface area contributed by atoms with E-state index in [1.165, 1.54) is 18.2 Å². The van der Waals surface area contributed by atoms with Crippen molar-refractivity contribution in [1.82, 2.24) is 20.3 Å². The molecule has 1 aromatic heterocycles. The van der Waals surface area contributed by atoms with Crippen LogP contribution in [0.5, 0.6) is 5.75 Å². The molecule has 168 valence electrons. The number of aromatic nitrogens is 3. The summed E-state index contributed by atoms with van der Waals surface area (Å²) in [6.07, 6.45) is -1.80. The van der Waals surface area contributed by atoms with Crippen LogP contribution >= 0.6 is 0 Å². The molecule has 3 rings (SSSR count). The summed E-state index contributed by atoms with van der Waals surface area (Å²) in [6.45, 7) is 1.73. The number of amides is 1. The number of rotatable bonds is 7. The Hall–Kier alpha value is -3.11. The average Bonchev–Trinajstić information content (AvgIpc) is 2.71. The maximum atomic E-state index is 12.7. The first-order chi connectivity index (χ1) is 14.7. The number of halogens is 3. The van der Waals surface area contributed by atoms with Gasteiger partial charge in [0.2, 0.25) is 17.8 Å². The summed E-state index contributed by atoms with van der Waals surface area (Å²) >= 11 is 0. The van der Waals surface area contributed by atoms with Crippen LogP contribution in [0.3, 0.4) is 0 Å². The number of hydrogen-bond acceptors (Lipinski definition) is 7. The van der Waals surface area contributed by atoms with Gasteiger partial charge in [-0.2, -0.15) is 15.0 Å². The highest BCUT2D eigenvalue weighted by molar-refractivity contribution is 5.78. The third kappa shape index (κ3) is 6.69. The molecule has 1 aliphatic carbocycles. The molecule has 0 spiro atoms. The van der Waals surface area contributed by atoms with Gasteiger partial charge in [-0.15, -0.1) is 13.2 Å². The molecule has 0 aliphatic heterocycles. The molecule has 31 heavy (non-hydrogen) atoms. The molecule has 3 N–H and O–H groups in total. The lowest BCUT2D eigenvalue weighted by Gasteiger charge is -2.29. The topological polar surface area (TPSA) is 101 Å². The van der Waals surface area contributed by atoms with Gasteiger partial charge in [0.15, 0.2) is 0 Å². The first-order valence-corrected chi connectivity index (χ1v) is 10.0. The van der Waals surface area contributed by atoms with Gasteiger partial charge < -0.3 is 20.7 Å². The Morgan fingerprint density at radius 2 is 1.90 bits per heavy atom. The molecule has 1 amide bonds. The number of carbonyl (C=O) groups is 1. The quantitative estimate of drug-likeness (QED) is 0.609. The fourth-order valence-corrected chi connectivity index (χ4v) is 3.60. The van der Waals surface area contributed by atoms with E-state index in [0.717, 1.165) is 12.8 Å². The van der Waals surface area contributed by atoms with Crippen LogP contribution < -0.4 is 20.7 Å². The zero-order valence-electron chi connectivity index (χ0n) is 17.3. The van der Waals surface area contributed by atoms with Crippen LogP contribution in [-0.4, -0.2) is 40.3 Å². The van der Waals surface area contributed by atoms with Gasteiger partial charge in [-0.1, -0.05) is 24.6 Å². The third-order valence-electron chi connectivity index (χ3n) is 5.00. The Bertz CT molecular complexity index is 909. The van der Waals surface area contributed by atoms with Crippen LogP contribution in [0.2, 0.25) is 0 Å². The molecule has 0 bridgehead atoms. The first-order valence-electron chi connectivity index (χ1n) is 10.0. The van der Waals surface area contributed by atoms with E-state index in [1.807, 2.05) is 0 Å². The Balaban J connectivity index is 1.57. The monoisotopic (exact) mass is 438 g/mol. The summed E-state index contributed by atoms with van der Waals surface area (Å²) in [5.74, 6) is 0.710. The molecule has 0 saturated heterocycles. The van der Waals surface area contributed by atoms with E-state index >= 15 is 0 Å². The van der Waals surface area contributed by atoms with Crippen molar-refractivity contribution in [2.45, 2.75) is 51.6 Å². The molecular weight excluding hydrogens is 413 g/mol. The minimum atomic E-state index is -4.79. The number of benzene rings is 1. The average molecular weight is 438 g/mol. The Morgan fingerprint density at radius 3 is 2.65 bits per heavy atom. The van der Waals surface area contributed by atoms with E-state index in [9.17, 15) is 18.0 Å². The van der Waals surface area contributed by atoms with Crippen molar-refractivity contribution in [1.29, 1.82) is 0 Å². The molecule has 11 heteroatoms. The lowest BCUT2D eigenvalue weighted by Crippen LogP contribution is -2.37. The van der Waals surface area contributed by atoms with E-state index in [1.54, 1.807) is 20.0 Å². The van der Waals surface area contributed by atoms with Crippen LogP contribution in [0, 0.1) is 12.8 Å². The molecule has 1 heterocycles. The molecule has 2 aromatic rings. The third-order valence-corrected chi connectivity index (χ3v) is 5.00. The van der Waals surface area contributed by atoms with Crippen molar-refractivity contribution < 1.29 is 22.7 Å². The predicted molar refractivity (Wildman–Crippen MR) is 108 cm³/mol. The van der Waals surface area contributed by atoms with Crippen molar-refractivity contribution in [3.05, 3.63) is 35.7 Å². The molecule has 0 radical (unpaired) electrons. The predicted octanol–water partition coefficient (Wildman–Crippen LogP) is 3.41. The van der Waals surface area contributed by atoms with E-state index in [-0.39, 0.29) is 35.7 Å². The summed E-state index contributed by atoms with van der Waals surface area (Å²) in [5, 5.41) is 8.88. The van der Waals surface area contributed by atoms with Crippen LogP contribution in [0.15, 0.2) is 24.3 Å². The lowest BCUT2D eigenvalue weighted by molar-refractivity contribution is -0.274. The highest BCUT2D eigenvalue weighted by atomic mass is 19.4. The molecule has 1 aromatic carbocycles. The highest BCUT2D eigenvalue weighted by Gasteiger charge is 2.32. The van der Waals surface area contributed by atoms with Crippen molar-refractivity contribution in [3.8, 4) is 5.75 Å². The smallest absolute Gasteiger partial charge is 0.405 e.